The number of hydrazine groups is 1. The van der Waals surface area contributed by atoms with Gasteiger partial charge in [-0.25, -0.2) is 5.84 Å². The fraction of sp³-hybridized carbons (Fsp3) is 1.00. The van der Waals surface area contributed by atoms with Gasteiger partial charge >= 0.3 is 0 Å². The molecule has 0 unspecified atom stereocenters. The summed E-state index contributed by atoms with van der Waals surface area (Å²) in [5, 5.41) is 8.13. The normalized spacial score (nSPS) is 10.0. The van der Waals surface area contributed by atoms with Gasteiger partial charge in [0.2, 0.25) is 0 Å². The zero-order valence-corrected chi connectivity index (χ0v) is 4.40. The molecular formula is C2H8N2OS. The monoisotopic (exact) mass is 108 g/mol. The summed E-state index contributed by atoms with van der Waals surface area (Å²) in [4.78, 5) is 0. The maximum Gasteiger partial charge on any atom is 0.00887 e. The molecule has 0 aromatic heterocycles. The molecule has 0 fully saturated rings. The number of nitrogens with two attached hydrogens (primary N) is 1. The van der Waals surface area contributed by atoms with Crippen LogP contribution in [-0.2, 0) is 0 Å². The Morgan fingerprint density at radius 3 is 2.50 bits per heavy atom. The molecule has 0 aliphatic heterocycles. The van der Waals surface area contributed by atoms with Gasteiger partial charge in [-0.05, 0) is 11.9 Å². The summed E-state index contributed by atoms with van der Waals surface area (Å²) in [5.41, 5.74) is 0. The van der Waals surface area contributed by atoms with Crippen molar-refractivity contribution in [2.45, 2.75) is 6.92 Å². The van der Waals surface area contributed by atoms with Crippen molar-refractivity contribution in [2.24, 2.45) is 5.84 Å². The Balaban J connectivity index is 2.63. The molecule has 0 aliphatic rings. The third-order valence-corrected chi connectivity index (χ3v) is 0.784. The number of nitrogens with zero attached hydrogens (tertiary/aromatic N) is 1. The van der Waals surface area contributed by atoms with E-state index in [4.69, 9.17) is 11.0 Å². The molecule has 6 heavy (non-hydrogen) atoms. The molecule has 0 atom stereocenters. The SMILES string of the molecule is CCSN(N)O. The van der Waals surface area contributed by atoms with Crippen molar-refractivity contribution in [3.8, 4) is 0 Å². The second-order valence-corrected chi connectivity index (χ2v) is 1.93. The summed E-state index contributed by atoms with van der Waals surface area (Å²) < 4.78 is 0.597. The largest absolute Gasteiger partial charge is 0.289 e. The van der Waals surface area contributed by atoms with Gasteiger partial charge in [0.1, 0.15) is 0 Å². The van der Waals surface area contributed by atoms with Crippen LogP contribution >= 0.6 is 11.9 Å². The van der Waals surface area contributed by atoms with Gasteiger partial charge in [-0.15, -0.1) is 0 Å². The number of hydrogen-bond donors (Lipinski definition) is 2. The van der Waals surface area contributed by atoms with Gasteiger partial charge in [0, 0.05) is 5.75 Å². The molecule has 3 nitrogen and oxygen atoms in total. The van der Waals surface area contributed by atoms with Crippen LogP contribution in [0.2, 0.25) is 0 Å². The predicted octanol–water partition coefficient (Wildman–Crippen LogP) is 0.219. The zero-order chi connectivity index (χ0) is 4.99. The quantitative estimate of drug-likeness (QED) is 0.302. The van der Waals surface area contributed by atoms with E-state index in [0.29, 0.717) is 4.58 Å². The van der Waals surface area contributed by atoms with E-state index in [9.17, 15) is 0 Å². The highest BCUT2D eigenvalue weighted by atomic mass is 32.2. The molecule has 0 aliphatic carbocycles. The third-order valence-electron chi connectivity index (χ3n) is 0.261. The van der Waals surface area contributed by atoms with Crippen molar-refractivity contribution < 1.29 is 5.21 Å². The highest BCUT2D eigenvalue weighted by Crippen LogP contribution is 1.95. The van der Waals surface area contributed by atoms with E-state index in [-0.39, 0.29) is 0 Å². The van der Waals surface area contributed by atoms with Gasteiger partial charge in [-0.2, -0.15) is 0 Å². The fourth-order valence-corrected chi connectivity index (χ4v) is 0.397. The van der Waals surface area contributed by atoms with E-state index < -0.39 is 0 Å². The second-order valence-electron chi connectivity index (χ2n) is 0.720. The van der Waals surface area contributed by atoms with Crippen molar-refractivity contribution in [2.75, 3.05) is 5.75 Å². The lowest BCUT2D eigenvalue weighted by atomic mass is 11.0. The van der Waals surface area contributed by atoms with E-state index in [0.717, 1.165) is 17.7 Å². The molecule has 0 radical (unpaired) electrons. The maximum atomic E-state index is 8.13. The van der Waals surface area contributed by atoms with Crippen LogP contribution in [0.5, 0.6) is 0 Å². The first kappa shape index (κ1) is 6.23. The Morgan fingerprint density at radius 1 is 2.00 bits per heavy atom. The van der Waals surface area contributed by atoms with E-state index in [1.807, 2.05) is 6.92 Å². The molecule has 0 bridgehead atoms. The topological polar surface area (TPSA) is 49.5 Å². The van der Waals surface area contributed by atoms with Crippen molar-refractivity contribution in [3.05, 3.63) is 0 Å². The smallest absolute Gasteiger partial charge is 0.00887 e. The molecular weight excluding hydrogens is 100 g/mol. The molecule has 3 N–H and O–H groups in total. The first-order valence-electron chi connectivity index (χ1n) is 1.64. The van der Waals surface area contributed by atoms with Crippen molar-refractivity contribution in [1.82, 2.24) is 4.58 Å². The predicted molar refractivity (Wildman–Crippen MR) is 25.9 cm³/mol. The highest BCUT2D eigenvalue weighted by Gasteiger charge is 1.82. The van der Waals surface area contributed by atoms with Gasteiger partial charge in [-0.1, -0.05) is 11.5 Å². The minimum atomic E-state index is 0.597. The lowest BCUT2D eigenvalue weighted by molar-refractivity contribution is 0.0165. The van der Waals surface area contributed by atoms with Crippen LogP contribution in [0.25, 0.3) is 0 Å². The lowest BCUT2D eigenvalue weighted by Crippen LogP contribution is -2.17. The fourth-order valence-electron chi connectivity index (χ4n) is 0.132. The van der Waals surface area contributed by atoms with Crippen LogP contribution in [-0.4, -0.2) is 15.5 Å². The number of rotatable bonds is 2. The summed E-state index contributed by atoms with van der Waals surface area (Å²) in [6.07, 6.45) is 0. The summed E-state index contributed by atoms with van der Waals surface area (Å²) in [6, 6.07) is 0. The average molecular weight is 108 g/mol. The van der Waals surface area contributed by atoms with Crippen molar-refractivity contribution in [3.63, 3.8) is 0 Å². The van der Waals surface area contributed by atoms with Gasteiger partial charge < -0.3 is 0 Å². The maximum absolute atomic E-state index is 8.13. The van der Waals surface area contributed by atoms with Gasteiger partial charge in [0.05, 0.1) is 0 Å². The lowest BCUT2D eigenvalue weighted by Gasteiger charge is -2.00. The third kappa shape index (κ3) is 4.23. The van der Waals surface area contributed by atoms with E-state index in [1.54, 1.807) is 0 Å². The molecule has 0 aromatic carbocycles. The molecule has 4 heteroatoms. The van der Waals surface area contributed by atoms with E-state index in [2.05, 4.69) is 0 Å². The molecule has 0 saturated carbocycles. The minimum Gasteiger partial charge on any atom is -0.289 e. The Bertz CT molecular complexity index is 32.7. The van der Waals surface area contributed by atoms with Gasteiger partial charge in [-0.3, -0.25) is 5.21 Å². The summed E-state index contributed by atoms with van der Waals surface area (Å²) >= 11 is 1.15. The average Bonchev–Trinajstić information content (AvgIpc) is 1.35. The van der Waals surface area contributed by atoms with Crippen molar-refractivity contribution >= 4 is 11.9 Å². The minimum absolute atomic E-state index is 0.597. The Morgan fingerprint density at radius 2 is 2.50 bits per heavy atom. The van der Waals surface area contributed by atoms with Crippen LogP contribution in [0.1, 0.15) is 6.92 Å². The second kappa shape index (κ2) is 3.42. The standard InChI is InChI=1S/C2H8N2OS/c1-2-6-4(3)5/h5H,2-3H2,1H3. The van der Waals surface area contributed by atoms with Crippen LogP contribution in [0.4, 0.5) is 0 Å². The summed E-state index contributed by atoms with van der Waals surface area (Å²) in [6.45, 7) is 1.90. The van der Waals surface area contributed by atoms with Crippen molar-refractivity contribution in [1.29, 1.82) is 0 Å². The molecule has 0 aromatic rings. The van der Waals surface area contributed by atoms with E-state index in [1.165, 1.54) is 0 Å². The summed E-state index contributed by atoms with van der Waals surface area (Å²) in [5.74, 6) is 5.55. The molecule has 0 saturated heterocycles. The first-order chi connectivity index (χ1) is 2.77. The molecule has 38 valence electrons. The van der Waals surface area contributed by atoms with Crippen LogP contribution in [0, 0.1) is 0 Å². The Kier molecular flexibility index (Phi) is 3.55. The first-order valence-corrected chi connectivity index (χ1v) is 2.58. The number of hydrogen-bond acceptors (Lipinski definition) is 4. The van der Waals surface area contributed by atoms with Gasteiger partial charge in [0.25, 0.3) is 0 Å². The molecule has 0 amide bonds. The zero-order valence-electron chi connectivity index (χ0n) is 3.59. The molecule has 0 rings (SSSR count). The van der Waals surface area contributed by atoms with Gasteiger partial charge in [0.15, 0.2) is 0 Å². The highest BCUT2D eigenvalue weighted by molar-refractivity contribution is 7.96. The van der Waals surface area contributed by atoms with Crippen LogP contribution in [0.15, 0.2) is 0 Å². The van der Waals surface area contributed by atoms with Crippen LogP contribution < -0.4 is 5.84 Å². The van der Waals surface area contributed by atoms with Crippen LogP contribution in [0.3, 0.4) is 0 Å². The Hall–Kier alpha value is 0.230. The Labute approximate surface area is 41.2 Å². The molecule has 0 heterocycles. The van der Waals surface area contributed by atoms with E-state index >= 15 is 0 Å². The molecule has 0 spiro atoms. The summed E-state index contributed by atoms with van der Waals surface area (Å²) in [7, 11) is 0.